The van der Waals surface area contributed by atoms with Crippen LogP contribution in [0.5, 0.6) is 0 Å². The van der Waals surface area contributed by atoms with Crippen molar-refractivity contribution < 1.29 is 27.4 Å². The third kappa shape index (κ3) is 3.07. The van der Waals surface area contributed by atoms with E-state index < -0.39 is 23.6 Å². The van der Waals surface area contributed by atoms with Gasteiger partial charge in [-0.25, -0.2) is 0 Å². The second kappa shape index (κ2) is 3.34. The Morgan fingerprint density at radius 1 is 1.33 bits per heavy atom. The van der Waals surface area contributed by atoms with E-state index in [2.05, 4.69) is 0 Å². The van der Waals surface area contributed by atoms with Gasteiger partial charge < -0.3 is 14.8 Å². The van der Waals surface area contributed by atoms with Gasteiger partial charge in [-0.05, 0) is 20.8 Å². The van der Waals surface area contributed by atoms with E-state index >= 15 is 0 Å². The molecular formula is C8H12F3NO3. The summed E-state index contributed by atoms with van der Waals surface area (Å²) < 4.78 is 46.1. The summed E-state index contributed by atoms with van der Waals surface area (Å²) in [7, 11) is 0. The minimum Gasteiger partial charge on any atom is -0.345 e. The van der Waals surface area contributed by atoms with Crippen LogP contribution in [0.4, 0.5) is 13.2 Å². The highest BCUT2D eigenvalue weighted by molar-refractivity contribution is 5.82. The molecule has 1 aliphatic rings. The van der Waals surface area contributed by atoms with Gasteiger partial charge in [0.05, 0.1) is 6.61 Å². The van der Waals surface area contributed by atoms with Crippen molar-refractivity contribution in [2.24, 2.45) is 0 Å². The number of hydrogen-bond donors (Lipinski definition) is 1. The highest BCUT2D eigenvalue weighted by atomic mass is 19.4. The lowest BCUT2D eigenvalue weighted by Gasteiger charge is -2.26. The molecule has 1 atom stereocenters. The van der Waals surface area contributed by atoms with Crippen LogP contribution in [0.3, 0.4) is 0 Å². The maximum absolute atomic E-state index is 12.0. The van der Waals surface area contributed by atoms with Gasteiger partial charge in [0, 0.05) is 0 Å². The van der Waals surface area contributed by atoms with Gasteiger partial charge in [-0.2, -0.15) is 13.2 Å². The summed E-state index contributed by atoms with van der Waals surface area (Å²) in [5.74, 6) is -3.03. The summed E-state index contributed by atoms with van der Waals surface area (Å²) in [4.78, 5) is 10.7. The highest BCUT2D eigenvalue weighted by Crippen LogP contribution is 2.29. The minimum atomic E-state index is -4.92. The van der Waals surface area contributed by atoms with E-state index in [0.717, 1.165) is 0 Å². The number of carbonyl (C=O) groups excluding carboxylic acids is 1. The monoisotopic (exact) mass is 227 g/mol. The molecule has 4 nitrogen and oxygen atoms in total. The average molecular weight is 227 g/mol. The van der Waals surface area contributed by atoms with Crippen LogP contribution >= 0.6 is 0 Å². The molecule has 1 unspecified atom stereocenters. The summed E-state index contributed by atoms with van der Waals surface area (Å²) in [6, 6.07) is 0. The fourth-order valence-corrected chi connectivity index (χ4v) is 1.29. The van der Waals surface area contributed by atoms with Crippen molar-refractivity contribution in [3.63, 3.8) is 0 Å². The maximum atomic E-state index is 12.0. The molecule has 0 bridgehead atoms. The van der Waals surface area contributed by atoms with Crippen LogP contribution < -0.4 is 5.32 Å². The Bertz CT molecular complexity index is 277. The molecule has 88 valence electrons. The number of amides is 1. The van der Waals surface area contributed by atoms with Crippen molar-refractivity contribution in [3.05, 3.63) is 0 Å². The van der Waals surface area contributed by atoms with Crippen molar-refractivity contribution >= 4 is 5.91 Å². The summed E-state index contributed by atoms with van der Waals surface area (Å²) in [5, 5.41) is 1.74. The van der Waals surface area contributed by atoms with Crippen LogP contribution in [0.15, 0.2) is 0 Å². The van der Waals surface area contributed by atoms with Gasteiger partial charge in [0.2, 0.25) is 0 Å². The molecule has 15 heavy (non-hydrogen) atoms. The van der Waals surface area contributed by atoms with Crippen LogP contribution in [0.1, 0.15) is 20.8 Å². The van der Waals surface area contributed by atoms with E-state index in [9.17, 15) is 18.0 Å². The van der Waals surface area contributed by atoms with E-state index in [4.69, 9.17) is 9.47 Å². The standard InChI is InChI=1S/C8H12F3NO3/c1-6(2)14-4-7(3,15-6)12-5(13)8(9,10)11/h4H2,1-3H3,(H,12,13). The maximum Gasteiger partial charge on any atom is 0.471 e. The molecule has 0 radical (unpaired) electrons. The summed E-state index contributed by atoms with van der Waals surface area (Å²) in [6.07, 6.45) is -4.92. The Hall–Kier alpha value is -0.820. The first-order valence-corrected chi connectivity index (χ1v) is 4.28. The van der Waals surface area contributed by atoms with Gasteiger partial charge in [-0.1, -0.05) is 0 Å². The SMILES string of the molecule is CC1(NC(=O)C(F)(F)F)COC(C)(C)O1. The summed E-state index contributed by atoms with van der Waals surface area (Å²) in [6.45, 7) is 4.31. The zero-order valence-corrected chi connectivity index (χ0v) is 8.57. The van der Waals surface area contributed by atoms with E-state index in [0.29, 0.717) is 0 Å². The number of rotatable bonds is 1. The molecule has 0 aromatic carbocycles. The molecule has 7 heteroatoms. The van der Waals surface area contributed by atoms with Gasteiger partial charge in [0.15, 0.2) is 11.5 Å². The van der Waals surface area contributed by atoms with Crippen LogP contribution in [-0.4, -0.2) is 30.2 Å². The first kappa shape index (κ1) is 12.3. The average Bonchev–Trinajstić information content (AvgIpc) is 2.23. The first-order valence-electron chi connectivity index (χ1n) is 4.28. The molecule has 0 saturated carbocycles. The molecule has 1 aliphatic heterocycles. The third-order valence-electron chi connectivity index (χ3n) is 1.80. The summed E-state index contributed by atoms with van der Waals surface area (Å²) >= 11 is 0. The van der Waals surface area contributed by atoms with Crippen molar-refractivity contribution in [1.29, 1.82) is 0 Å². The first-order chi connectivity index (χ1) is 6.54. The molecule has 1 rings (SSSR count). The van der Waals surface area contributed by atoms with Gasteiger partial charge in [0.1, 0.15) is 0 Å². The van der Waals surface area contributed by atoms with Gasteiger partial charge in [-0.3, -0.25) is 4.79 Å². The lowest BCUT2D eigenvalue weighted by Crippen LogP contribution is -2.53. The predicted molar refractivity (Wildman–Crippen MR) is 43.7 cm³/mol. The Kier molecular flexibility index (Phi) is 2.73. The molecular weight excluding hydrogens is 215 g/mol. The second-order valence-corrected chi connectivity index (χ2v) is 3.97. The lowest BCUT2D eigenvalue weighted by atomic mass is 10.3. The van der Waals surface area contributed by atoms with Gasteiger partial charge in [-0.15, -0.1) is 0 Å². The Balaban J connectivity index is 2.64. The van der Waals surface area contributed by atoms with Crippen molar-refractivity contribution in [3.8, 4) is 0 Å². The molecule has 0 aliphatic carbocycles. The number of hydrogen-bond acceptors (Lipinski definition) is 3. The zero-order chi connectivity index (χ0) is 11.9. The van der Waals surface area contributed by atoms with Crippen LogP contribution in [0, 0.1) is 0 Å². The molecule has 1 fully saturated rings. The Morgan fingerprint density at radius 3 is 2.20 bits per heavy atom. The fourth-order valence-electron chi connectivity index (χ4n) is 1.29. The summed E-state index contributed by atoms with van der Waals surface area (Å²) in [5.41, 5.74) is -1.43. The number of halogens is 3. The fraction of sp³-hybridized carbons (Fsp3) is 0.875. The van der Waals surface area contributed by atoms with E-state index in [1.807, 2.05) is 0 Å². The van der Waals surface area contributed by atoms with E-state index in [1.165, 1.54) is 6.92 Å². The van der Waals surface area contributed by atoms with Crippen LogP contribution in [-0.2, 0) is 14.3 Å². The lowest BCUT2D eigenvalue weighted by molar-refractivity contribution is -0.190. The second-order valence-electron chi connectivity index (χ2n) is 3.97. The molecule has 1 amide bonds. The zero-order valence-electron chi connectivity index (χ0n) is 8.57. The predicted octanol–water partition coefficient (Wildman–Crippen LogP) is 1.16. The quantitative estimate of drug-likeness (QED) is 0.731. The molecule has 0 spiro atoms. The topological polar surface area (TPSA) is 47.6 Å². The van der Waals surface area contributed by atoms with Gasteiger partial charge >= 0.3 is 12.1 Å². The van der Waals surface area contributed by atoms with Crippen molar-refractivity contribution in [1.82, 2.24) is 5.32 Å². The Labute approximate surface area is 84.7 Å². The normalized spacial score (nSPS) is 30.3. The third-order valence-corrected chi connectivity index (χ3v) is 1.80. The van der Waals surface area contributed by atoms with Crippen molar-refractivity contribution in [2.75, 3.05) is 6.61 Å². The van der Waals surface area contributed by atoms with Crippen molar-refractivity contribution in [2.45, 2.75) is 38.5 Å². The number of alkyl halides is 3. The number of nitrogens with one attached hydrogen (secondary N) is 1. The molecule has 1 saturated heterocycles. The van der Waals surface area contributed by atoms with Gasteiger partial charge in [0.25, 0.3) is 0 Å². The molecule has 1 heterocycles. The van der Waals surface area contributed by atoms with Crippen LogP contribution in [0.25, 0.3) is 0 Å². The smallest absolute Gasteiger partial charge is 0.345 e. The molecule has 0 aromatic heterocycles. The Morgan fingerprint density at radius 2 is 1.87 bits per heavy atom. The minimum absolute atomic E-state index is 0.123. The number of ether oxygens (including phenoxy) is 2. The van der Waals surface area contributed by atoms with E-state index in [-0.39, 0.29) is 6.61 Å². The number of carbonyl (C=O) groups is 1. The largest absolute Gasteiger partial charge is 0.471 e. The van der Waals surface area contributed by atoms with Crippen LogP contribution in [0.2, 0.25) is 0 Å². The molecule has 1 N–H and O–H groups in total. The van der Waals surface area contributed by atoms with E-state index in [1.54, 1.807) is 19.2 Å². The molecule has 0 aromatic rings. The highest BCUT2D eigenvalue weighted by Gasteiger charge is 2.48.